The summed E-state index contributed by atoms with van der Waals surface area (Å²) in [5.74, 6) is -0.768. The van der Waals surface area contributed by atoms with Gasteiger partial charge in [-0.25, -0.2) is 13.9 Å². The number of aromatic nitrogens is 3. The van der Waals surface area contributed by atoms with Crippen molar-refractivity contribution in [3.8, 4) is 28.0 Å². The maximum Gasteiger partial charge on any atom is 0.346 e. The molecule has 5 rings (SSSR count). The molecule has 1 unspecified atom stereocenters. The van der Waals surface area contributed by atoms with Crippen LogP contribution in [0.25, 0.3) is 22.3 Å². The smallest absolute Gasteiger partial charge is 0.346 e. The van der Waals surface area contributed by atoms with Crippen LogP contribution in [0.4, 0.5) is 10.1 Å². The number of benzene rings is 3. The van der Waals surface area contributed by atoms with Gasteiger partial charge in [-0.15, -0.1) is 0 Å². The molecule has 4 aromatic rings. The van der Waals surface area contributed by atoms with Crippen molar-refractivity contribution in [3.05, 3.63) is 97.6 Å². The molecule has 1 aliphatic heterocycles. The van der Waals surface area contributed by atoms with Gasteiger partial charge < -0.3 is 20.7 Å². The Morgan fingerprint density at radius 2 is 1.73 bits per heavy atom. The number of hydrogen-bond donors (Lipinski definition) is 3. The van der Waals surface area contributed by atoms with E-state index in [0.717, 1.165) is 43.5 Å². The highest BCUT2D eigenvalue weighted by molar-refractivity contribution is 6.03. The van der Waals surface area contributed by atoms with Crippen molar-refractivity contribution in [2.24, 2.45) is 14.1 Å². The molecule has 3 aromatic carbocycles. The molecule has 0 spiro atoms. The van der Waals surface area contributed by atoms with E-state index in [1.165, 1.54) is 27.3 Å². The van der Waals surface area contributed by atoms with Crippen LogP contribution in [0.5, 0.6) is 5.75 Å². The average Bonchev–Trinajstić information content (AvgIpc) is 3.02. The standard InChI is InChI=1S/C33H35FN6O5/c1-18-22(20-14-26(34)25(28(15-20)45-5)17-36-21-12-13-35-29(41)16-21)8-6-9-23(18)24-10-7-11-27(19(24)2)37-31(42)30-32(43)39(3)33(44)40(4)38-30/h6-11,14-15,21,36H,12-13,16-17H2,1-5H3,(H,35,41)(H,37,42). The fraction of sp³-hybridized carbons (Fsp3) is 0.303. The summed E-state index contributed by atoms with van der Waals surface area (Å²) in [4.78, 5) is 49.3. The molecule has 0 bridgehead atoms. The summed E-state index contributed by atoms with van der Waals surface area (Å²) in [6.45, 7) is 4.61. The first kappa shape index (κ1) is 31.3. The number of hydrogen-bond acceptors (Lipinski definition) is 7. The first-order valence-electron chi connectivity index (χ1n) is 14.5. The molecule has 12 heteroatoms. The Labute approximate surface area is 259 Å². The number of nitrogens with one attached hydrogen (secondary N) is 3. The molecule has 2 heterocycles. The molecule has 1 aliphatic rings. The molecule has 1 fully saturated rings. The molecule has 0 radical (unpaired) electrons. The summed E-state index contributed by atoms with van der Waals surface area (Å²) in [5.41, 5.74) is 3.82. The molecule has 1 aromatic heterocycles. The molecule has 234 valence electrons. The van der Waals surface area contributed by atoms with Gasteiger partial charge in [-0.3, -0.25) is 19.0 Å². The van der Waals surface area contributed by atoms with E-state index in [1.807, 2.05) is 44.2 Å². The van der Waals surface area contributed by atoms with Crippen molar-refractivity contribution in [1.82, 2.24) is 25.0 Å². The molecule has 45 heavy (non-hydrogen) atoms. The first-order valence-corrected chi connectivity index (χ1v) is 14.5. The van der Waals surface area contributed by atoms with Crippen molar-refractivity contribution in [2.45, 2.75) is 39.3 Å². The Balaban J connectivity index is 1.45. The van der Waals surface area contributed by atoms with Gasteiger partial charge in [0.2, 0.25) is 11.6 Å². The molecule has 0 saturated carbocycles. The Bertz CT molecular complexity index is 1930. The van der Waals surface area contributed by atoms with Crippen molar-refractivity contribution >= 4 is 17.5 Å². The predicted octanol–water partition coefficient (Wildman–Crippen LogP) is 3.20. The van der Waals surface area contributed by atoms with Crippen molar-refractivity contribution in [2.75, 3.05) is 19.0 Å². The Kier molecular flexibility index (Phi) is 8.96. The molecule has 0 aliphatic carbocycles. The third-order valence-electron chi connectivity index (χ3n) is 8.24. The van der Waals surface area contributed by atoms with Crippen LogP contribution in [-0.4, -0.2) is 45.9 Å². The summed E-state index contributed by atoms with van der Waals surface area (Å²) in [5, 5.41) is 12.7. The minimum Gasteiger partial charge on any atom is -0.496 e. The lowest BCUT2D eigenvalue weighted by Crippen LogP contribution is -2.43. The number of amides is 2. The predicted molar refractivity (Wildman–Crippen MR) is 169 cm³/mol. The maximum atomic E-state index is 15.6. The average molecular weight is 615 g/mol. The summed E-state index contributed by atoms with van der Waals surface area (Å²) >= 11 is 0. The number of rotatable bonds is 8. The third kappa shape index (κ3) is 6.27. The largest absolute Gasteiger partial charge is 0.496 e. The van der Waals surface area contributed by atoms with Gasteiger partial charge >= 0.3 is 5.69 Å². The minimum atomic E-state index is -0.793. The van der Waals surface area contributed by atoms with E-state index >= 15 is 4.39 Å². The van der Waals surface area contributed by atoms with E-state index in [4.69, 9.17) is 4.74 Å². The zero-order valence-corrected chi connectivity index (χ0v) is 25.8. The van der Waals surface area contributed by atoms with Crippen LogP contribution >= 0.6 is 0 Å². The van der Waals surface area contributed by atoms with E-state index in [2.05, 4.69) is 21.0 Å². The number of carbonyl (C=O) groups is 2. The maximum absolute atomic E-state index is 15.6. The van der Waals surface area contributed by atoms with Gasteiger partial charge in [0, 0.05) is 50.9 Å². The molecule has 1 atom stereocenters. The lowest BCUT2D eigenvalue weighted by atomic mass is 9.90. The normalized spacial score (nSPS) is 14.6. The van der Waals surface area contributed by atoms with Crippen molar-refractivity contribution in [1.29, 1.82) is 0 Å². The van der Waals surface area contributed by atoms with Crippen LogP contribution in [-0.2, 0) is 25.4 Å². The van der Waals surface area contributed by atoms with Crippen LogP contribution in [0.15, 0.2) is 58.1 Å². The van der Waals surface area contributed by atoms with Crippen LogP contribution < -0.4 is 31.9 Å². The van der Waals surface area contributed by atoms with E-state index in [9.17, 15) is 19.2 Å². The molecule has 11 nitrogen and oxygen atoms in total. The van der Waals surface area contributed by atoms with Gasteiger partial charge in [0.15, 0.2) is 0 Å². The van der Waals surface area contributed by atoms with Crippen LogP contribution in [0.2, 0.25) is 0 Å². The van der Waals surface area contributed by atoms with Crippen molar-refractivity contribution in [3.63, 3.8) is 0 Å². The number of anilines is 1. The number of ether oxygens (including phenoxy) is 1. The Morgan fingerprint density at radius 1 is 1.04 bits per heavy atom. The summed E-state index contributed by atoms with van der Waals surface area (Å²) in [6, 6.07) is 14.4. The van der Waals surface area contributed by atoms with Gasteiger partial charge in [0.1, 0.15) is 11.6 Å². The van der Waals surface area contributed by atoms with Gasteiger partial charge in [-0.2, -0.15) is 5.10 Å². The molecule has 1 saturated heterocycles. The molecule has 3 N–H and O–H groups in total. The fourth-order valence-corrected chi connectivity index (χ4v) is 5.65. The lowest BCUT2D eigenvalue weighted by molar-refractivity contribution is -0.122. The van der Waals surface area contributed by atoms with E-state index < -0.39 is 28.7 Å². The summed E-state index contributed by atoms with van der Waals surface area (Å²) in [6.07, 6.45) is 1.12. The van der Waals surface area contributed by atoms with Crippen LogP contribution in [0.3, 0.4) is 0 Å². The second kappa shape index (κ2) is 12.9. The summed E-state index contributed by atoms with van der Waals surface area (Å²) < 4.78 is 22.9. The highest BCUT2D eigenvalue weighted by Gasteiger charge is 2.22. The fourth-order valence-electron chi connectivity index (χ4n) is 5.65. The first-order chi connectivity index (χ1) is 21.5. The molecule has 2 amide bonds. The van der Waals surface area contributed by atoms with E-state index in [0.29, 0.717) is 35.5 Å². The van der Waals surface area contributed by atoms with Crippen LogP contribution in [0, 0.1) is 19.7 Å². The van der Waals surface area contributed by atoms with Gasteiger partial charge in [0.25, 0.3) is 11.5 Å². The molecular formula is C33H35FN6O5. The summed E-state index contributed by atoms with van der Waals surface area (Å²) in [7, 11) is 4.16. The number of halogens is 1. The second-order valence-corrected chi connectivity index (χ2v) is 11.1. The Hall–Kier alpha value is -5.10. The van der Waals surface area contributed by atoms with Crippen molar-refractivity contribution < 1.29 is 18.7 Å². The third-order valence-corrected chi connectivity index (χ3v) is 8.24. The minimum absolute atomic E-state index is 0.0212. The number of aryl methyl sites for hydroxylation is 1. The second-order valence-electron chi connectivity index (χ2n) is 11.1. The highest BCUT2D eigenvalue weighted by Crippen LogP contribution is 2.37. The van der Waals surface area contributed by atoms with Gasteiger partial charge in [-0.1, -0.05) is 30.3 Å². The zero-order valence-electron chi connectivity index (χ0n) is 25.8. The van der Waals surface area contributed by atoms with Gasteiger partial charge in [0.05, 0.1) is 7.11 Å². The zero-order chi connectivity index (χ0) is 32.4. The lowest BCUT2D eigenvalue weighted by Gasteiger charge is -2.24. The van der Waals surface area contributed by atoms with Gasteiger partial charge in [-0.05, 0) is 71.8 Å². The number of piperidine rings is 1. The highest BCUT2D eigenvalue weighted by atomic mass is 19.1. The Morgan fingerprint density at radius 3 is 2.44 bits per heavy atom. The van der Waals surface area contributed by atoms with E-state index in [-0.39, 0.29) is 18.5 Å². The number of nitrogens with zero attached hydrogens (tertiary/aromatic N) is 3. The topological polar surface area (TPSA) is 136 Å². The number of methoxy groups -OCH3 is 1. The van der Waals surface area contributed by atoms with Crippen LogP contribution in [0.1, 0.15) is 40.0 Å². The monoisotopic (exact) mass is 614 g/mol. The quantitative estimate of drug-likeness (QED) is 0.277. The van der Waals surface area contributed by atoms with E-state index in [1.54, 1.807) is 12.1 Å². The molecular weight excluding hydrogens is 579 g/mol. The number of carbonyl (C=O) groups excluding carboxylic acids is 2. The SMILES string of the molecule is COc1cc(-c2cccc(-c3cccc(NC(=O)c4nn(C)c(=O)n(C)c4=O)c3C)c2C)cc(F)c1CNC1CCNC(=O)C1.